The maximum absolute atomic E-state index is 13.0. The average molecular weight is 503 g/mol. The smallest absolute Gasteiger partial charge is 0.326 e. The summed E-state index contributed by atoms with van der Waals surface area (Å²) in [5, 5.41) is 25.2. The molecular weight excluding hydrogens is 464 g/mol. The van der Waals surface area contributed by atoms with Crippen LogP contribution in [0.25, 0.3) is 0 Å². The first-order valence-electron chi connectivity index (χ1n) is 11.4. The van der Waals surface area contributed by atoms with Crippen molar-refractivity contribution in [3.05, 3.63) is 0 Å². The third-order valence-corrected chi connectivity index (χ3v) is 5.44. The van der Waals surface area contributed by atoms with Gasteiger partial charge in [0, 0.05) is 6.42 Å². The van der Waals surface area contributed by atoms with Gasteiger partial charge in [0.2, 0.25) is 23.6 Å². The Hall–Kier alpha value is -3.26. The Labute approximate surface area is 203 Å². The van der Waals surface area contributed by atoms with Crippen LogP contribution in [0, 0.1) is 5.92 Å². The number of unbranched alkanes of at least 4 members (excludes halogenated alkanes) is 1. The van der Waals surface area contributed by atoms with Crippen molar-refractivity contribution in [2.24, 2.45) is 23.1 Å². The molecule has 0 aliphatic carbocycles. The van der Waals surface area contributed by atoms with Gasteiger partial charge in [-0.05, 0) is 38.1 Å². The van der Waals surface area contributed by atoms with E-state index in [0.717, 1.165) is 0 Å². The maximum Gasteiger partial charge on any atom is 0.326 e. The van der Waals surface area contributed by atoms with Crippen LogP contribution in [-0.2, 0) is 28.8 Å². The monoisotopic (exact) mass is 502 g/mol. The number of carbonyl (C=O) groups is 6. The number of carbonyl (C=O) groups excluding carboxylic acids is 4. The van der Waals surface area contributed by atoms with E-state index in [9.17, 15) is 33.9 Å². The van der Waals surface area contributed by atoms with Crippen LogP contribution < -0.4 is 33.2 Å². The van der Waals surface area contributed by atoms with Gasteiger partial charge in [-0.1, -0.05) is 20.3 Å². The summed E-state index contributed by atoms with van der Waals surface area (Å²) < 4.78 is 0. The molecule has 0 fully saturated rings. The molecule has 0 aliphatic heterocycles. The summed E-state index contributed by atoms with van der Waals surface area (Å²) in [6, 6.07) is -5.09. The van der Waals surface area contributed by atoms with Crippen LogP contribution in [-0.4, -0.2) is 76.5 Å². The average Bonchev–Trinajstić information content (AvgIpc) is 2.78. The number of carboxylic acid groups (broad SMARTS) is 2. The molecule has 0 heterocycles. The molecule has 0 radical (unpaired) electrons. The fourth-order valence-electron chi connectivity index (χ4n) is 3.02. The van der Waals surface area contributed by atoms with Gasteiger partial charge in [-0.25, -0.2) is 4.79 Å². The van der Waals surface area contributed by atoms with Crippen molar-refractivity contribution in [2.75, 3.05) is 6.54 Å². The van der Waals surface area contributed by atoms with Crippen molar-refractivity contribution in [1.82, 2.24) is 16.0 Å². The highest BCUT2D eigenvalue weighted by Gasteiger charge is 2.31. The second-order valence-corrected chi connectivity index (χ2v) is 8.32. The van der Waals surface area contributed by atoms with E-state index < -0.39 is 72.6 Å². The molecule has 5 atom stereocenters. The third kappa shape index (κ3) is 12.7. The van der Waals surface area contributed by atoms with Gasteiger partial charge in [-0.15, -0.1) is 0 Å². The summed E-state index contributed by atoms with van der Waals surface area (Å²) in [4.78, 5) is 71.6. The molecular formula is C21H38N6O8. The molecule has 0 aromatic carbocycles. The summed E-state index contributed by atoms with van der Waals surface area (Å²) in [6.45, 7) is 4.00. The molecule has 0 saturated heterocycles. The van der Waals surface area contributed by atoms with Gasteiger partial charge in [-0.2, -0.15) is 0 Å². The largest absolute Gasteiger partial charge is 0.481 e. The minimum atomic E-state index is -1.67. The number of hydrogen-bond donors (Lipinski definition) is 8. The Morgan fingerprint density at radius 1 is 0.829 bits per heavy atom. The molecule has 0 aliphatic rings. The fourth-order valence-corrected chi connectivity index (χ4v) is 3.02. The Kier molecular flexibility index (Phi) is 14.9. The van der Waals surface area contributed by atoms with Gasteiger partial charge in [0.15, 0.2) is 0 Å². The fraction of sp³-hybridized carbons (Fsp3) is 0.714. The maximum atomic E-state index is 13.0. The van der Waals surface area contributed by atoms with E-state index in [4.69, 9.17) is 22.3 Å². The lowest BCUT2D eigenvalue weighted by atomic mass is 9.98. The number of rotatable bonds is 18. The second kappa shape index (κ2) is 16.4. The number of nitrogens with two attached hydrogens (primary N) is 3. The molecule has 11 N–H and O–H groups in total. The Bertz CT molecular complexity index is 762. The predicted octanol–water partition coefficient (Wildman–Crippen LogP) is -2.23. The van der Waals surface area contributed by atoms with Crippen LogP contribution in [0.15, 0.2) is 0 Å². The van der Waals surface area contributed by atoms with Crippen LogP contribution in [0.4, 0.5) is 0 Å². The van der Waals surface area contributed by atoms with Crippen molar-refractivity contribution >= 4 is 35.6 Å². The number of nitrogens with one attached hydrogen (secondary N) is 3. The van der Waals surface area contributed by atoms with Crippen LogP contribution in [0.1, 0.15) is 58.8 Å². The molecule has 0 saturated carbocycles. The minimum absolute atomic E-state index is 0.157. The van der Waals surface area contributed by atoms with Crippen molar-refractivity contribution < 1.29 is 39.0 Å². The van der Waals surface area contributed by atoms with Crippen LogP contribution in [0.5, 0.6) is 0 Å². The molecule has 5 unspecified atom stereocenters. The number of primary amides is 1. The molecule has 200 valence electrons. The Morgan fingerprint density at radius 2 is 1.34 bits per heavy atom. The molecule has 4 amide bonds. The predicted molar refractivity (Wildman–Crippen MR) is 124 cm³/mol. The number of carboxylic acids is 2. The number of aliphatic carboxylic acids is 2. The van der Waals surface area contributed by atoms with E-state index in [-0.39, 0.29) is 18.8 Å². The summed E-state index contributed by atoms with van der Waals surface area (Å²) in [7, 11) is 0. The third-order valence-electron chi connectivity index (χ3n) is 5.44. The van der Waals surface area contributed by atoms with E-state index in [1.807, 2.05) is 6.92 Å². The number of amides is 4. The van der Waals surface area contributed by atoms with Gasteiger partial charge in [0.1, 0.15) is 18.1 Å². The van der Waals surface area contributed by atoms with Crippen molar-refractivity contribution in [3.63, 3.8) is 0 Å². The van der Waals surface area contributed by atoms with Crippen LogP contribution in [0.2, 0.25) is 0 Å². The standard InChI is InChI=1S/C21H38N6O8/c1-3-11(2)17(24)20(33)26-12(6-4-5-9-22)18(31)25-13(7-8-16(29)30)19(32)27-14(21(34)35)10-15(23)28/h11-14,17H,3-10,22,24H2,1-2H3,(H2,23,28)(H,25,31)(H,26,33)(H,27,32)(H,29,30)(H,34,35). The Balaban J connectivity index is 5.63. The zero-order valence-electron chi connectivity index (χ0n) is 20.1. The first kappa shape index (κ1) is 31.7. The van der Waals surface area contributed by atoms with E-state index >= 15 is 0 Å². The highest BCUT2D eigenvalue weighted by Crippen LogP contribution is 2.09. The van der Waals surface area contributed by atoms with E-state index in [1.54, 1.807) is 6.92 Å². The van der Waals surface area contributed by atoms with Crippen molar-refractivity contribution in [2.45, 2.75) is 83.0 Å². The number of hydrogen-bond acceptors (Lipinski definition) is 8. The summed E-state index contributed by atoms with van der Waals surface area (Å²) >= 11 is 0. The molecule has 14 heteroatoms. The molecule has 0 aromatic heterocycles. The van der Waals surface area contributed by atoms with Crippen LogP contribution >= 0.6 is 0 Å². The molecule has 0 aromatic rings. The van der Waals surface area contributed by atoms with Crippen molar-refractivity contribution in [1.29, 1.82) is 0 Å². The highest BCUT2D eigenvalue weighted by molar-refractivity contribution is 5.95. The van der Waals surface area contributed by atoms with Crippen molar-refractivity contribution in [3.8, 4) is 0 Å². The van der Waals surface area contributed by atoms with Gasteiger partial charge in [-0.3, -0.25) is 24.0 Å². The highest BCUT2D eigenvalue weighted by atomic mass is 16.4. The van der Waals surface area contributed by atoms with Crippen LogP contribution in [0.3, 0.4) is 0 Å². The lowest BCUT2D eigenvalue weighted by molar-refractivity contribution is -0.144. The molecule has 0 rings (SSSR count). The second-order valence-electron chi connectivity index (χ2n) is 8.32. The molecule has 35 heavy (non-hydrogen) atoms. The summed E-state index contributed by atoms with van der Waals surface area (Å²) in [6.07, 6.45) is 0.250. The lowest BCUT2D eigenvalue weighted by Crippen LogP contribution is -2.57. The first-order chi connectivity index (χ1) is 16.3. The van der Waals surface area contributed by atoms with E-state index in [1.165, 1.54) is 0 Å². The first-order valence-corrected chi connectivity index (χ1v) is 11.4. The lowest BCUT2D eigenvalue weighted by Gasteiger charge is -2.26. The zero-order chi connectivity index (χ0) is 27.1. The van der Waals surface area contributed by atoms with Gasteiger partial charge in [0.05, 0.1) is 12.5 Å². The normalized spacial score (nSPS) is 15.1. The summed E-state index contributed by atoms with van der Waals surface area (Å²) in [5.41, 5.74) is 16.4. The molecule has 0 spiro atoms. The van der Waals surface area contributed by atoms with Gasteiger partial charge in [0.25, 0.3) is 0 Å². The Morgan fingerprint density at radius 3 is 1.80 bits per heavy atom. The molecule has 0 bridgehead atoms. The minimum Gasteiger partial charge on any atom is -0.481 e. The SMILES string of the molecule is CCC(C)C(N)C(=O)NC(CCCCN)C(=O)NC(CCC(=O)O)C(=O)NC(CC(N)=O)C(=O)O. The zero-order valence-corrected chi connectivity index (χ0v) is 20.1. The molecule has 14 nitrogen and oxygen atoms in total. The van der Waals surface area contributed by atoms with E-state index in [2.05, 4.69) is 16.0 Å². The van der Waals surface area contributed by atoms with Gasteiger partial charge >= 0.3 is 11.9 Å². The summed E-state index contributed by atoms with van der Waals surface area (Å²) in [5.74, 6) is -6.29. The van der Waals surface area contributed by atoms with Gasteiger partial charge < -0.3 is 43.4 Å². The van der Waals surface area contributed by atoms with E-state index in [0.29, 0.717) is 25.8 Å². The quantitative estimate of drug-likeness (QED) is 0.0935. The topological polar surface area (TPSA) is 257 Å².